The van der Waals surface area contributed by atoms with Crippen molar-refractivity contribution in [1.82, 2.24) is 9.29 Å². The maximum Gasteiger partial charge on any atom is 0.417 e. The Bertz CT molecular complexity index is 1310. The minimum atomic E-state index is -4.94. The molecule has 0 amide bonds. The summed E-state index contributed by atoms with van der Waals surface area (Å²) in [5.74, 6) is 0.00117. The number of alkyl halides is 6. The Hall–Kier alpha value is -2.53. The number of hydrogen-bond acceptors (Lipinski definition) is 2. The topological polar surface area (TPSA) is 51.1 Å². The number of hydrogen-bond donors (Lipinski definition) is 1. The van der Waals surface area contributed by atoms with Crippen LogP contribution in [0, 0.1) is 5.92 Å². The third kappa shape index (κ3) is 5.83. The Balaban J connectivity index is 2.26. The van der Waals surface area contributed by atoms with Gasteiger partial charge in [0.15, 0.2) is 0 Å². The molecule has 0 radical (unpaired) electrons. The number of sulfonamides is 1. The highest BCUT2D eigenvalue weighted by Gasteiger charge is 2.45. The summed E-state index contributed by atoms with van der Waals surface area (Å²) in [6.45, 7) is 6.50. The Morgan fingerprint density at radius 1 is 0.943 bits per heavy atom. The van der Waals surface area contributed by atoms with Gasteiger partial charge in [-0.25, -0.2) is 8.42 Å². The monoisotopic (exact) mass is 520 g/mol. The van der Waals surface area contributed by atoms with Gasteiger partial charge in [0.05, 0.1) is 10.8 Å². The normalized spacial score (nSPS) is 14.3. The second-order valence-corrected chi connectivity index (χ2v) is 11.4. The molecular weight excluding hydrogens is 494 g/mol. The molecule has 0 saturated heterocycles. The lowest BCUT2D eigenvalue weighted by atomic mass is 9.97. The van der Waals surface area contributed by atoms with Gasteiger partial charge in [-0.05, 0) is 43.0 Å². The van der Waals surface area contributed by atoms with Crippen molar-refractivity contribution in [2.75, 3.05) is 0 Å². The van der Waals surface area contributed by atoms with Crippen LogP contribution in [0.15, 0.2) is 48.7 Å². The molecule has 0 bridgehead atoms. The molecule has 35 heavy (non-hydrogen) atoms. The van der Waals surface area contributed by atoms with E-state index in [2.05, 4.69) is 0 Å². The first-order chi connectivity index (χ1) is 16.0. The van der Waals surface area contributed by atoms with Crippen molar-refractivity contribution in [1.29, 1.82) is 0 Å². The van der Waals surface area contributed by atoms with E-state index in [1.54, 1.807) is 4.72 Å². The Labute approximate surface area is 200 Å². The Morgan fingerprint density at radius 3 is 2.11 bits per heavy atom. The summed E-state index contributed by atoms with van der Waals surface area (Å²) in [6, 6.07) is 6.49. The van der Waals surface area contributed by atoms with Gasteiger partial charge < -0.3 is 4.57 Å². The molecule has 3 aromatic rings. The molecule has 192 valence electrons. The van der Waals surface area contributed by atoms with Gasteiger partial charge >= 0.3 is 12.4 Å². The van der Waals surface area contributed by atoms with Crippen molar-refractivity contribution in [3.05, 3.63) is 59.8 Å². The fourth-order valence-corrected chi connectivity index (χ4v) is 4.71. The van der Waals surface area contributed by atoms with Crippen LogP contribution < -0.4 is 4.72 Å². The van der Waals surface area contributed by atoms with E-state index in [9.17, 15) is 34.8 Å². The number of aromatic nitrogens is 1. The van der Waals surface area contributed by atoms with Gasteiger partial charge in [0.1, 0.15) is 6.04 Å². The van der Waals surface area contributed by atoms with Crippen molar-refractivity contribution in [2.45, 2.75) is 57.9 Å². The minimum absolute atomic E-state index is 0.00117. The SMILES string of the molecule is CC(C)Cn1cc(C(NS(=O)(=O)C(C)C)C(F)(F)F)c2ccc(-c3ccccc3C(F)(F)F)cc21. The molecule has 0 aliphatic carbocycles. The maximum absolute atomic E-state index is 14.1. The molecule has 11 heteroatoms. The van der Waals surface area contributed by atoms with Gasteiger partial charge in [0, 0.05) is 29.2 Å². The maximum atomic E-state index is 14.1. The van der Waals surface area contributed by atoms with E-state index >= 15 is 0 Å². The number of nitrogens with one attached hydrogen (secondary N) is 1. The zero-order valence-corrected chi connectivity index (χ0v) is 20.3. The zero-order valence-electron chi connectivity index (χ0n) is 19.5. The summed E-state index contributed by atoms with van der Waals surface area (Å²) in [6.07, 6.45) is -8.33. The van der Waals surface area contributed by atoms with E-state index in [0.29, 0.717) is 0 Å². The summed E-state index contributed by atoms with van der Waals surface area (Å²) in [5.41, 5.74) is -0.811. The molecule has 2 aromatic carbocycles. The lowest BCUT2D eigenvalue weighted by Crippen LogP contribution is -2.41. The summed E-state index contributed by atoms with van der Waals surface area (Å²) in [4.78, 5) is 0. The van der Waals surface area contributed by atoms with Crippen LogP contribution in [0.25, 0.3) is 22.0 Å². The fourth-order valence-electron chi connectivity index (χ4n) is 3.85. The highest BCUT2D eigenvalue weighted by atomic mass is 32.2. The molecule has 1 unspecified atom stereocenters. The quantitative estimate of drug-likeness (QED) is 0.344. The molecule has 0 aliphatic rings. The van der Waals surface area contributed by atoms with Crippen molar-refractivity contribution >= 4 is 20.9 Å². The summed E-state index contributed by atoms with van der Waals surface area (Å²) in [7, 11) is -4.29. The third-order valence-electron chi connectivity index (χ3n) is 5.56. The van der Waals surface area contributed by atoms with Gasteiger partial charge in [0.2, 0.25) is 10.0 Å². The van der Waals surface area contributed by atoms with Crippen LogP contribution in [-0.2, 0) is 22.7 Å². The highest BCUT2D eigenvalue weighted by molar-refractivity contribution is 7.90. The van der Waals surface area contributed by atoms with E-state index in [-0.39, 0.29) is 40.1 Å². The first-order valence-corrected chi connectivity index (χ1v) is 12.4. The van der Waals surface area contributed by atoms with Crippen LogP contribution in [0.5, 0.6) is 0 Å². The van der Waals surface area contributed by atoms with Gasteiger partial charge in [-0.2, -0.15) is 31.1 Å². The summed E-state index contributed by atoms with van der Waals surface area (Å²) >= 11 is 0. The first kappa shape index (κ1) is 27.1. The largest absolute Gasteiger partial charge is 0.417 e. The Morgan fingerprint density at radius 2 is 1.57 bits per heavy atom. The third-order valence-corrected chi connectivity index (χ3v) is 7.36. The molecule has 0 fully saturated rings. The predicted octanol–water partition coefficient (Wildman–Crippen LogP) is 6.91. The van der Waals surface area contributed by atoms with Crippen LogP contribution in [0.3, 0.4) is 0 Å². The molecule has 0 saturated carbocycles. The number of nitrogens with zero attached hydrogens (tertiary/aromatic N) is 1. The molecule has 0 aliphatic heterocycles. The fraction of sp³-hybridized carbons (Fsp3) is 0.417. The average Bonchev–Trinajstić information content (AvgIpc) is 3.07. The molecule has 1 heterocycles. The van der Waals surface area contributed by atoms with Crippen LogP contribution in [0.4, 0.5) is 26.3 Å². The smallest absolute Gasteiger partial charge is 0.347 e. The molecule has 1 atom stereocenters. The highest BCUT2D eigenvalue weighted by Crippen LogP contribution is 2.41. The predicted molar refractivity (Wildman–Crippen MR) is 123 cm³/mol. The van der Waals surface area contributed by atoms with Gasteiger partial charge in [0.25, 0.3) is 0 Å². The van der Waals surface area contributed by atoms with Crippen molar-refractivity contribution < 1.29 is 34.8 Å². The van der Waals surface area contributed by atoms with E-state index < -0.39 is 39.2 Å². The lowest BCUT2D eigenvalue weighted by Gasteiger charge is -2.22. The summed E-state index contributed by atoms with van der Waals surface area (Å²) < 4.78 is 111. The van der Waals surface area contributed by atoms with E-state index in [0.717, 1.165) is 6.07 Å². The second kappa shape index (κ2) is 9.50. The van der Waals surface area contributed by atoms with Gasteiger partial charge in [-0.3, -0.25) is 0 Å². The molecule has 1 aromatic heterocycles. The number of fused-ring (bicyclic) bond motifs is 1. The van der Waals surface area contributed by atoms with E-state index in [1.165, 1.54) is 61.0 Å². The van der Waals surface area contributed by atoms with Crippen molar-refractivity contribution in [3.8, 4) is 11.1 Å². The molecule has 4 nitrogen and oxygen atoms in total. The first-order valence-electron chi connectivity index (χ1n) is 10.9. The molecular formula is C24H26F6N2O2S. The van der Waals surface area contributed by atoms with Crippen molar-refractivity contribution in [2.24, 2.45) is 5.92 Å². The molecule has 1 N–H and O–H groups in total. The van der Waals surface area contributed by atoms with Crippen LogP contribution in [0.1, 0.15) is 44.9 Å². The second-order valence-electron chi connectivity index (χ2n) is 9.09. The van der Waals surface area contributed by atoms with E-state index in [4.69, 9.17) is 0 Å². The molecule has 0 spiro atoms. The van der Waals surface area contributed by atoms with Gasteiger partial charge in [-0.1, -0.05) is 44.2 Å². The standard InChI is InChI=1S/C24H26F6N2O2S/c1-14(2)12-32-13-19(22(24(28,29)30)31-35(33,34)15(3)4)18-10-9-16(11-21(18)32)17-7-5-6-8-20(17)23(25,26)27/h5-11,13-15,22,31H,12H2,1-4H3. The number of halogens is 6. The van der Waals surface area contributed by atoms with E-state index in [1.807, 2.05) is 13.8 Å². The summed E-state index contributed by atoms with van der Waals surface area (Å²) in [5, 5.41) is -0.991. The lowest BCUT2D eigenvalue weighted by molar-refractivity contribution is -0.152. The van der Waals surface area contributed by atoms with Crippen molar-refractivity contribution in [3.63, 3.8) is 0 Å². The van der Waals surface area contributed by atoms with Crippen LogP contribution >= 0.6 is 0 Å². The molecule has 3 rings (SSSR count). The Kier molecular flexibility index (Phi) is 7.34. The number of benzene rings is 2. The average molecular weight is 521 g/mol. The van der Waals surface area contributed by atoms with Crippen LogP contribution in [-0.4, -0.2) is 24.4 Å². The minimum Gasteiger partial charge on any atom is -0.347 e. The van der Waals surface area contributed by atoms with Gasteiger partial charge in [-0.15, -0.1) is 0 Å². The zero-order chi connectivity index (χ0) is 26.3. The number of rotatable bonds is 7. The van der Waals surface area contributed by atoms with Crippen LogP contribution in [0.2, 0.25) is 0 Å².